The van der Waals surface area contributed by atoms with E-state index < -0.39 is 5.97 Å². The van der Waals surface area contributed by atoms with Crippen molar-refractivity contribution in [1.29, 1.82) is 0 Å². The quantitative estimate of drug-likeness (QED) is 0.471. The molecule has 1 aliphatic heterocycles. The van der Waals surface area contributed by atoms with Crippen LogP contribution in [0.15, 0.2) is 46.7 Å². The van der Waals surface area contributed by atoms with Crippen LogP contribution in [0.2, 0.25) is 0 Å². The summed E-state index contributed by atoms with van der Waals surface area (Å²) in [6, 6.07) is 11.2. The van der Waals surface area contributed by atoms with Crippen molar-refractivity contribution in [3.8, 4) is 28.3 Å². The molecule has 0 bridgehead atoms. The smallest absolute Gasteiger partial charge is 0.335 e. The van der Waals surface area contributed by atoms with Crippen molar-refractivity contribution in [3.05, 3.63) is 41.3 Å². The number of H-pyrrole nitrogens is 2. The molecule has 0 amide bonds. The summed E-state index contributed by atoms with van der Waals surface area (Å²) < 4.78 is 5.78. The minimum Gasteiger partial charge on any atom is -0.490 e. The van der Waals surface area contributed by atoms with E-state index in [2.05, 4.69) is 25.3 Å². The van der Waals surface area contributed by atoms with Crippen molar-refractivity contribution in [2.75, 3.05) is 30.9 Å². The molecule has 0 spiro atoms. The number of benzene rings is 2. The van der Waals surface area contributed by atoms with Crippen molar-refractivity contribution in [2.45, 2.75) is 5.16 Å². The molecule has 1 aromatic heterocycles. The molecule has 0 unspecified atom stereocenters. The number of thioether (sulfide) groups is 1. The van der Waals surface area contributed by atoms with Crippen LogP contribution in [0.3, 0.4) is 0 Å². The number of aromatic amines is 2. The van der Waals surface area contributed by atoms with Crippen molar-refractivity contribution in [2.24, 2.45) is 5.18 Å². The molecule has 0 saturated carbocycles. The topological polar surface area (TPSA) is 122 Å². The van der Waals surface area contributed by atoms with Crippen LogP contribution >= 0.6 is 11.8 Å². The van der Waals surface area contributed by atoms with Gasteiger partial charge in [0.1, 0.15) is 23.8 Å². The SMILES string of the molecule is CN1CCOc2cc(-c3cc(N=O)cc(-c4[nH]nc(SCC(=O)O)[nH+]4)c3)ccc21. The predicted molar refractivity (Wildman–Crippen MR) is 109 cm³/mol. The molecule has 2 heterocycles. The Morgan fingerprint density at radius 2 is 2.14 bits per heavy atom. The van der Waals surface area contributed by atoms with Gasteiger partial charge >= 0.3 is 11.1 Å². The lowest BCUT2D eigenvalue weighted by Gasteiger charge is -2.28. The predicted octanol–water partition coefficient (Wildman–Crippen LogP) is 2.96. The normalized spacial score (nSPS) is 12.9. The van der Waals surface area contributed by atoms with Gasteiger partial charge in [0.2, 0.25) is 0 Å². The minimum absolute atomic E-state index is 0.106. The van der Waals surface area contributed by atoms with E-state index in [-0.39, 0.29) is 11.4 Å². The number of carboxylic acids is 1. The molecule has 1 aliphatic rings. The molecule has 3 aromatic rings. The first-order valence-electron chi connectivity index (χ1n) is 8.83. The second kappa shape index (κ2) is 7.92. The highest BCUT2D eigenvalue weighted by Gasteiger charge is 2.18. The minimum atomic E-state index is -0.928. The second-order valence-corrected chi connectivity index (χ2v) is 7.49. The molecule has 0 radical (unpaired) electrons. The van der Waals surface area contributed by atoms with Crippen LogP contribution in [-0.2, 0) is 4.79 Å². The number of rotatable bonds is 6. The van der Waals surface area contributed by atoms with Crippen molar-refractivity contribution >= 4 is 29.1 Å². The number of nitrogens with one attached hydrogen (secondary N) is 2. The number of aromatic nitrogens is 3. The van der Waals surface area contributed by atoms with E-state index in [1.807, 2.05) is 31.3 Å². The van der Waals surface area contributed by atoms with Crippen LogP contribution in [0, 0.1) is 4.91 Å². The maximum absolute atomic E-state index is 11.2. The molecule has 0 saturated heterocycles. The number of carboxylic acid groups (broad SMARTS) is 1. The van der Waals surface area contributed by atoms with E-state index >= 15 is 0 Å². The number of fused-ring (bicyclic) bond motifs is 1. The molecule has 148 valence electrons. The molecule has 2 aromatic carbocycles. The van der Waals surface area contributed by atoms with Crippen LogP contribution in [0.25, 0.3) is 22.5 Å². The van der Waals surface area contributed by atoms with E-state index in [9.17, 15) is 9.70 Å². The third-order valence-corrected chi connectivity index (χ3v) is 5.39. The highest BCUT2D eigenvalue weighted by Crippen LogP contribution is 2.37. The zero-order valence-corrected chi connectivity index (χ0v) is 16.3. The maximum Gasteiger partial charge on any atom is 0.335 e. The van der Waals surface area contributed by atoms with E-state index in [0.29, 0.717) is 23.2 Å². The number of aliphatic carboxylic acids is 1. The molecule has 29 heavy (non-hydrogen) atoms. The fraction of sp³-hybridized carbons (Fsp3) is 0.211. The standard InChI is InChI=1S/C19H17N5O4S/c1-24-4-5-28-16-9-11(2-3-15(16)24)12-6-13(8-14(7-12)23-27)18-20-19(22-21-18)29-10-17(25)26/h2-3,6-9H,4-5,10H2,1H3,(H,25,26)(H,20,21,22)/p+1. The molecule has 10 heteroatoms. The third kappa shape index (κ3) is 4.06. The first-order chi connectivity index (χ1) is 14.0. The van der Waals surface area contributed by atoms with Gasteiger partial charge in [-0.3, -0.25) is 4.79 Å². The van der Waals surface area contributed by atoms with E-state index in [0.717, 1.165) is 40.9 Å². The van der Waals surface area contributed by atoms with Gasteiger partial charge in [0.15, 0.2) is 0 Å². The molecule has 9 nitrogen and oxygen atoms in total. The number of hydrogen-bond donors (Lipinski definition) is 2. The average Bonchev–Trinajstić information content (AvgIpc) is 3.21. The fourth-order valence-corrected chi connectivity index (χ4v) is 3.66. The second-order valence-electron chi connectivity index (χ2n) is 6.52. The van der Waals surface area contributed by atoms with Crippen LogP contribution in [0.4, 0.5) is 11.4 Å². The van der Waals surface area contributed by atoms with Crippen molar-refractivity contribution in [1.82, 2.24) is 10.2 Å². The van der Waals surface area contributed by atoms with Gasteiger partial charge in [-0.05, 0) is 58.4 Å². The number of hydrogen-bond acceptors (Lipinski definition) is 7. The fourth-order valence-electron chi connectivity index (χ4n) is 3.12. The van der Waals surface area contributed by atoms with Gasteiger partial charge in [-0.25, -0.2) is 4.98 Å². The summed E-state index contributed by atoms with van der Waals surface area (Å²) in [6.07, 6.45) is 0. The first-order valence-corrected chi connectivity index (χ1v) is 9.81. The Morgan fingerprint density at radius 3 is 2.93 bits per heavy atom. The molecule has 0 atom stereocenters. The monoisotopic (exact) mass is 412 g/mol. The summed E-state index contributed by atoms with van der Waals surface area (Å²) >= 11 is 1.07. The summed E-state index contributed by atoms with van der Waals surface area (Å²) in [6.45, 7) is 1.45. The summed E-state index contributed by atoms with van der Waals surface area (Å²) in [5.41, 5.74) is 3.68. The Hall–Kier alpha value is -3.40. The number of nitrogens with zero attached hydrogens (tertiary/aromatic N) is 3. The number of nitroso groups, excluding NO2 is 1. The average molecular weight is 412 g/mol. The van der Waals surface area contributed by atoms with Gasteiger partial charge in [-0.15, -0.1) is 10.0 Å². The lowest BCUT2D eigenvalue weighted by molar-refractivity contribution is -0.414. The van der Waals surface area contributed by atoms with Crippen LogP contribution in [0.1, 0.15) is 0 Å². The summed E-state index contributed by atoms with van der Waals surface area (Å²) in [5.74, 6) is 0.315. The van der Waals surface area contributed by atoms with E-state index in [1.165, 1.54) is 0 Å². The molecule has 4 rings (SSSR count). The lowest BCUT2D eigenvalue weighted by Crippen LogP contribution is -2.28. The summed E-state index contributed by atoms with van der Waals surface area (Å²) in [4.78, 5) is 27.1. The van der Waals surface area contributed by atoms with Crippen LogP contribution < -0.4 is 14.6 Å². The van der Waals surface area contributed by atoms with E-state index in [1.54, 1.807) is 12.1 Å². The first kappa shape index (κ1) is 18.9. The van der Waals surface area contributed by atoms with Gasteiger partial charge in [0.25, 0.3) is 5.82 Å². The highest BCUT2D eigenvalue weighted by atomic mass is 32.2. The number of ether oxygens (including phenoxy) is 1. The highest BCUT2D eigenvalue weighted by molar-refractivity contribution is 7.99. The number of anilines is 1. The summed E-state index contributed by atoms with van der Waals surface area (Å²) in [7, 11) is 2.02. The van der Waals surface area contributed by atoms with Gasteiger partial charge in [-0.2, -0.15) is 0 Å². The molecule has 3 N–H and O–H groups in total. The Morgan fingerprint density at radius 1 is 1.31 bits per heavy atom. The molecule has 0 fully saturated rings. The molecule has 0 aliphatic carbocycles. The molecular weight excluding hydrogens is 394 g/mol. The zero-order chi connectivity index (χ0) is 20.4. The van der Waals surface area contributed by atoms with Gasteiger partial charge < -0.3 is 14.7 Å². The van der Waals surface area contributed by atoms with Crippen LogP contribution in [0.5, 0.6) is 5.75 Å². The van der Waals surface area contributed by atoms with E-state index in [4.69, 9.17) is 9.84 Å². The van der Waals surface area contributed by atoms with Gasteiger partial charge in [-0.1, -0.05) is 6.07 Å². The number of likely N-dealkylation sites (N-methyl/N-ethyl adjacent to an activating group) is 1. The summed E-state index contributed by atoms with van der Waals surface area (Å²) in [5, 5.41) is 19.2. The Bertz CT molecular complexity index is 1080. The van der Waals surface area contributed by atoms with Gasteiger partial charge in [0, 0.05) is 7.05 Å². The number of carbonyl (C=O) groups is 1. The van der Waals surface area contributed by atoms with Gasteiger partial charge in [0.05, 0.1) is 22.9 Å². The van der Waals surface area contributed by atoms with Crippen molar-refractivity contribution in [3.63, 3.8) is 0 Å². The van der Waals surface area contributed by atoms with Crippen molar-refractivity contribution < 1.29 is 19.6 Å². The lowest BCUT2D eigenvalue weighted by atomic mass is 10.0. The zero-order valence-electron chi connectivity index (χ0n) is 15.5. The largest absolute Gasteiger partial charge is 0.490 e. The Balaban J connectivity index is 1.69. The third-order valence-electron chi connectivity index (χ3n) is 4.53. The molecular formula is C19H18N5O4S+. The van der Waals surface area contributed by atoms with Crippen LogP contribution in [-0.4, -0.2) is 47.2 Å². The maximum atomic E-state index is 11.2. The Kier molecular flexibility index (Phi) is 5.17. The Labute approximate surface area is 170 Å².